The number of hydrogen-bond donors (Lipinski definition) is 1. The number of anilines is 1. The zero-order chi connectivity index (χ0) is 14.0. The van der Waals surface area contributed by atoms with E-state index in [1.807, 2.05) is 6.07 Å². The molecule has 2 nitrogen and oxygen atoms in total. The summed E-state index contributed by atoms with van der Waals surface area (Å²) >= 11 is 19.9. The van der Waals surface area contributed by atoms with Crippen LogP contribution in [0.5, 0.6) is 0 Å². The smallest absolute Gasteiger partial charge is 0.255 e. The van der Waals surface area contributed by atoms with E-state index in [-0.39, 0.29) is 5.91 Å². The number of carbonyl (C=O) groups is 1. The second kappa shape index (κ2) is 6.31. The molecule has 0 aliphatic rings. The van der Waals surface area contributed by atoms with Gasteiger partial charge in [-0.05, 0) is 59.0 Å². The average molecular weight is 426 g/mol. The maximum atomic E-state index is 12.1. The molecule has 0 saturated carbocycles. The molecule has 0 heterocycles. The SMILES string of the molecule is O=C(Nc1ccc(I)cc1Cl)c1cc(Cl)cc(Cl)c1. The maximum Gasteiger partial charge on any atom is 0.255 e. The third-order valence-electron chi connectivity index (χ3n) is 2.30. The van der Waals surface area contributed by atoms with Gasteiger partial charge in [0.25, 0.3) is 5.91 Å². The molecular formula is C13H7Cl3INO. The highest BCUT2D eigenvalue weighted by atomic mass is 127. The van der Waals surface area contributed by atoms with E-state index >= 15 is 0 Å². The topological polar surface area (TPSA) is 29.1 Å². The third kappa shape index (κ3) is 3.99. The number of benzene rings is 2. The monoisotopic (exact) mass is 425 g/mol. The Balaban J connectivity index is 2.25. The van der Waals surface area contributed by atoms with Gasteiger partial charge in [-0.25, -0.2) is 0 Å². The Morgan fingerprint density at radius 3 is 2.21 bits per heavy atom. The molecule has 0 unspecified atom stereocenters. The summed E-state index contributed by atoms with van der Waals surface area (Å²) in [6, 6.07) is 10.0. The van der Waals surface area contributed by atoms with Crippen molar-refractivity contribution in [2.45, 2.75) is 0 Å². The second-order valence-corrected chi connectivity index (χ2v) is 6.26. The van der Waals surface area contributed by atoms with Crippen molar-refractivity contribution in [2.75, 3.05) is 5.32 Å². The van der Waals surface area contributed by atoms with Gasteiger partial charge < -0.3 is 5.32 Å². The van der Waals surface area contributed by atoms with Gasteiger partial charge in [-0.3, -0.25) is 4.79 Å². The van der Waals surface area contributed by atoms with Crippen LogP contribution in [0.15, 0.2) is 36.4 Å². The van der Waals surface area contributed by atoms with Crippen LogP contribution in [0.1, 0.15) is 10.4 Å². The van der Waals surface area contributed by atoms with E-state index in [0.717, 1.165) is 3.57 Å². The zero-order valence-corrected chi connectivity index (χ0v) is 13.8. The molecule has 0 aromatic heterocycles. The summed E-state index contributed by atoms with van der Waals surface area (Å²) in [5.41, 5.74) is 0.926. The molecule has 0 fully saturated rings. The highest BCUT2D eigenvalue weighted by Gasteiger charge is 2.10. The molecule has 0 saturated heterocycles. The summed E-state index contributed by atoms with van der Waals surface area (Å²) in [6.07, 6.45) is 0. The molecule has 0 aliphatic carbocycles. The van der Waals surface area contributed by atoms with E-state index in [1.54, 1.807) is 30.3 Å². The lowest BCUT2D eigenvalue weighted by Gasteiger charge is -2.08. The number of carbonyl (C=O) groups excluding carboxylic acids is 1. The Kier molecular flexibility index (Phi) is 4.95. The van der Waals surface area contributed by atoms with Crippen molar-refractivity contribution in [3.05, 3.63) is 60.6 Å². The minimum atomic E-state index is -0.312. The van der Waals surface area contributed by atoms with Gasteiger partial charge in [0, 0.05) is 19.2 Å². The van der Waals surface area contributed by atoms with Crippen molar-refractivity contribution >= 4 is 69.0 Å². The predicted octanol–water partition coefficient (Wildman–Crippen LogP) is 5.50. The Labute approximate surface area is 139 Å². The third-order valence-corrected chi connectivity index (χ3v) is 3.72. The van der Waals surface area contributed by atoms with E-state index in [4.69, 9.17) is 34.8 Å². The van der Waals surface area contributed by atoms with Crippen LogP contribution in [0.25, 0.3) is 0 Å². The van der Waals surface area contributed by atoms with Crippen LogP contribution in [-0.4, -0.2) is 5.91 Å². The van der Waals surface area contributed by atoms with Crippen molar-refractivity contribution in [2.24, 2.45) is 0 Å². The van der Waals surface area contributed by atoms with Crippen molar-refractivity contribution in [3.8, 4) is 0 Å². The minimum Gasteiger partial charge on any atom is -0.321 e. The summed E-state index contributed by atoms with van der Waals surface area (Å²) in [6.45, 7) is 0. The summed E-state index contributed by atoms with van der Waals surface area (Å²) in [5, 5.41) is 4.01. The van der Waals surface area contributed by atoms with E-state index in [0.29, 0.717) is 26.3 Å². The number of halogens is 4. The Hall–Kier alpha value is -0.490. The summed E-state index contributed by atoms with van der Waals surface area (Å²) in [5.74, 6) is -0.312. The van der Waals surface area contributed by atoms with Crippen LogP contribution in [0.2, 0.25) is 15.1 Å². The van der Waals surface area contributed by atoms with Crippen LogP contribution in [-0.2, 0) is 0 Å². The lowest BCUT2D eigenvalue weighted by Crippen LogP contribution is -2.12. The Morgan fingerprint density at radius 2 is 1.63 bits per heavy atom. The molecule has 0 aliphatic heterocycles. The van der Waals surface area contributed by atoms with Crippen molar-refractivity contribution < 1.29 is 4.79 Å². The molecule has 2 aromatic rings. The first kappa shape index (κ1) is 14.9. The summed E-state index contributed by atoms with van der Waals surface area (Å²) in [7, 11) is 0. The van der Waals surface area contributed by atoms with Gasteiger partial charge in [0.1, 0.15) is 0 Å². The van der Waals surface area contributed by atoms with Crippen molar-refractivity contribution in [3.63, 3.8) is 0 Å². The van der Waals surface area contributed by atoms with E-state index in [1.165, 1.54) is 0 Å². The lowest BCUT2D eigenvalue weighted by molar-refractivity contribution is 0.102. The number of amides is 1. The molecular weight excluding hydrogens is 419 g/mol. The standard InChI is InChI=1S/C13H7Cl3INO/c14-8-3-7(4-9(15)5-8)13(19)18-12-2-1-10(17)6-11(12)16/h1-6H,(H,18,19). The van der Waals surface area contributed by atoms with Crippen LogP contribution >= 0.6 is 57.4 Å². The van der Waals surface area contributed by atoms with Gasteiger partial charge in [0.15, 0.2) is 0 Å². The molecule has 98 valence electrons. The zero-order valence-electron chi connectivity index (χ0n) is 9.38. The molecule has 1 N–H and O–H groups in total. The fraction of sp³-hybridized carbons (Fsp3) is 0. The Bertz CT molecular complexity index is 626. The van der Waals surface area contributed by atoms with Gasteiger partial charge in [0.05, 0.1) is 10.7 Å². The maximum absolute atomic E-state index is 12.1. The van der Waals surface area contributed by atoms with Gasteiger partial charge in [-0.2, -0.15) is 0 Å². The minimum absolute atomic E-state index is 0.312. The first-order valence-electron chi connectivity index (χ1n) is 5.18. The summed E-state index contributed by atoms with van der Waals surface area (Å²) < 4.78 is 0.992. The van der Waals surface area contributed by atoms with E-state index in [9.17, 15) is 4.79 Å². The lowest BCUT2D eigenvalue weighted by atomic mass is 10.2. The normalized spacial score (nSPS) is 10.3. The van der Waals surface area contributed by atoms with Gasteiger partial charge in [-0.15, -0.1) is 0 Å². The van der Waals surface area contributed by atoms with Gasteiger partial charge in [-0.1, -0.05) is 34.8 Å². The first-order chi connectivity index (χ1) is 8.95. The number of hydrogen-bond acceptors (Lipinski definition) is 1. The van der Waals surface area contributed by atoms with Crippen LogP contribution in [0, 0.1) is 3.57 Å². The van der Waals surface area contributed by atoms with E-state index < -0.39 is 0 Å². The highest BCUT2D eigenvalue weighted by molar-refractivity contribution is 14.1. The molecule has 2 rings (SSSR count). The molecule has 0 atom stereocenters. The molecule has 0 bridgehead atoms. The van der Waals surface area contributed by atoms with Crippen molar-refractivity contribution in [1.29, 1.82) is 0 Å². The predicted molar refractivity (Wildman–Crippen MR) is 88.6 cm³/mol. The first-order valence-corrected chi connectivity index (χ1v) is 7.39. The van der Waals surface area contributed by atoms with Gasteiger partial charge in [0.2, 0.25) is 0 Å². The van der Waals surface area contributed by atoms with Crippen LogP contribution < -0.4 is 5.32 Å². The van der Waals surface area contributed by atoms with Gasteiger partial charge >= 0.3 is 0 Å². The number of rotatable bonds is 2. The van der Waals surface area contributed by atoms with Crippen molar-refractivity contribution in [1.82, 2.24) is 0 Å². The molecule has 1 amide bonds. The molecule has 0 radical (unpaired) electrons. The van der Waals surface area contributed by atoms with Crippen LogP contribution in [0.3, 0.4) is 0 Å². The summed E-state index contributed by atoms with van der Waals surface area (Å²) in [4.78, 5) is 12.1. The molecule has 6 heteroatoms. The fourth-order valence-corrected chi connectivity index (χ4v) is 2.90. The van der Waals surface area contributed by atoms with E-state index in [2.05, 4.69) is 27.9 Å². The second-order valence-electron chi connectivity index (χ2n) is 3.74. The fourth-order valence-electron chi connectivity index (χ4n) is 1.47. The quantitative estimate of drug-likeness (QED) is 0.631. The number of nitrogens with one attached hydrogen (secondary N) is 1. The molecule has 2 aromatic carbocycles. The largest absolute Gasteiger partial charge is 0.321 e. The highest BCUT2D eigenvalue weighted by Crippen LogP contribution is 2.25. The Morgan fingerprint density at radius 1 is 1.00 bits per heavy atom. The molecule has 0 spiro atoms. The average Bonchev–Trinajstić information content (AvgIpc) is 2.31. The van der Waals surface area contributed by atoms with Crippen LogP contribution in [0.4, 0.5) is 5.69 Å². The molecule has 19 heavy (non-hydrogen) atoms.